The monoisotopic (exact) mass is 437 g/mol. The number of rotatable bonds is 6. The quantitative estimate of drug-likeness (QED) is 0.363. The van der Waals surface area contributed by atoms with Crippen LogP contribution in [0, 0.1) is 25.2 Å². The highest BCUT2D eigenvalue weighted by molar-refractivity contribution is 5.93. The van der Waals surface area contributed by atoms with Gasteiger partial charge in [0.15, 0.2) is 0 Å². The number of ether oxygens (including phenoxy) is 1. The van der Waals surface area contributed by atoms with Crippen LogP contribution < -0.4 is 5.32 Å². The predicted molar refractivity (Wildman–Crippen MR) is 124 cm³/mol. The Balaban J connectivity index is 1.33. The average Bonchev–Trinajstić information content (AvgIpc) is 3.39. The van der Waals surface area contributed by atoms with E-state index in [1.54, 1.807) is 12.4 Å². The van der Waals surface area contributed by atoms with E-state index in [1.807, 2.05) is 41.8 Å². The van der Waals surface area contributed by atoms with Crippen LogP contribution in [0.3, 0.4) is 0 Å². The van der Waals surface area contributed by atoms with Crippen molar-refractivity contribution in [1.29, 1.82) is 5.26 Å². The van der Waals surface area contributed by atoms with Gasteiger partial charge in [-0.25, -0.2) is 9.78 Å². The molecule has 0 spiro atoms. The van der Waals surface area contributed by atoms with Gasteiger partial charge in [-0.15, -0.1) is 0 Å². The first-order valence-electron chi connectivity index (χ1n) is 10.9. The number of pyridine rings is 2. The molecule has 0 unspecified atom stereocenters. The van der Waals surface area contributed by atoms with Gasteiger partial charge in [0.2, 0.25) is 0 Å². The zero-order valence-electron chi connectivity index (χ0n) is 18.6. The van der Waals surface area contributed by atoms with Crippen molar-refractivity contribution in [2.24, 2.45) is 0 Å². The highest BCUT2D eigenvalue weighted by Gasteiger charge is 2.23. The molecule has 1 aromatic carbocycles. The zero-order valence-corrected chi connectivity index (χ0v) is 18.6. The molecule has 33 heavy (non-hydrogen) atoms. The Hall–Kier alpha value is -4.02. The van der Waals surface area contributed by atoms with Crippen molar-refractivity contribution in [3.8, 4) is 11.9 Å². The number of hydrogen-bond donors (Lipinski definition) is 1. The van der Waals surface area contributed by atoms with Crippen LogP contribution >= 0.6 is 0 Å². The van der Waals surface area contributed by atoms with E-state index >= 15 is 0 Å². The molecule has 0 atom stereocenters. The normalized spacial score (nSPS) is 12.6. The number of nitrogens with zero attached hydrogens (tertiary/aromatic N) is 4. The summed E-state index contributed by atoms with van der Waals surface area (Å²) in [5, 5.41) is 12.7. The van der Waals surface area contributed by atoms with Crippen LogP contribution in [-0.2, 0) is 24.3 Å². The summed E-state index contributed by atoms with van der Waals surface area (Å²) in [7, 11) is 0. The van der Waals surface area contributed by atoms with Crippen LogP contribution in [0.5, 0.6) is 0 Å². The molecule has 0 radical (unpaired) electrons. The number of cyclic esters (lactones) is 1. The molecule has 0 aliphatic carbocycles. The first kappa shape index (κ1) is 20.9. The third kappa shape index (κ3) is 3.75. The van der Waals surface area contributed by atoms with Crippen LogP contribution in [0.15, 0.2) is 48.9 Å². The Morgan fingerprint density at radius 1 is 1.21 bits per heavy atom. The smallest absolute Gasteiger partial charge is 0.338 e. The van der Waals surface area contributed by atoms with Crippen molar-refractivity contribution in [1.82, 2.24) is 19.9 Å². The van der Waals surface area contributed by atoms with Gasteiger partial charge in [0.05, 0.1) is 22.2 Å². The fourth-order valence-electron chi connectivity index (χ4n) is 4.35. The van der Waals surface area contributed by atoms with E-state index in [2.05, 4.69) is 34.5 Å². The lowest BCUT2D eigenvalue weighted by Gasteiger charge is -2.10. The Kier molecular flexibility index (Phi) is 5.37. The van der Waals surface area contributed by atoms with E-state index in [0.717, 1.165) is 52.1 Å². The maximum absolute atomic E-state index is 11.7. The van der Waals surface area contributed by atoms with E-state index in [9.17, 15) is 10.1 Å². The number of aryl methyl sites for hydroxylation is 1. The van der Waals surface area contributed by atoms with Crippen molar-refractivity contribution in [3.05, 3.63) is 87.9 Å². The Morgan fingerprint density at radius 3 is 2.91 bits per heavy atom. The van der Waals surface area contributed by atoms with E-state index in [4.69, 9.17) is 4.74 Å². The minimum atomic E-state index is -0.228. The topological polar surface area (TPSA) is 92.8 Å². The summed E-state index contributed by atoms with van der Waals surface area (Å²) >= 11 is 0. The molecule has 0 saturated heterocycles. The summed E-state index contributed by atoms with van der Waals surface area (Å²) < 4.78 is 7.18. The second-order valence-corrected chi connectivity index (χ2v) is 8.24. The molecule has 7 heteroatoms. The first-order chi connectivity index (χ1) is 16.1. The summed E-state index contributed by atoms with van der Waals surface area (Å²) in [6, 6.07) is 11.9. The fraction of sp³-hybridized carbons (Fsp3) is 0.231. The molecule has 1 aliphatic heterocycles. The molecule has 0 fully saturated rings. The molecule has 7 nitrogen and oxygen atoms in total. The summed E-state index contributed by atoms with van der Waals surface area (Å²) in [6.45, 7) is 5.80. The van der Waals surface area contributed by atoms with Crippen molar-refractivity contribution in [2.75, 3.05) is 6.54 Å². The van der Waals surface area contributed by atoms with Gasteiger partial charge in [0.25, 0.3) is 0 Å². The predicted octanol–water partition coefficient (Wildman–Crippen LogP) is 3.91. The first-order valence-corrected chi connectivity index (χ1v) is 10.9. The Morgan fingerprint density at radius 2 is 2.09 bits per heavy atom. The zero-order chi connectivity index (χ0) is 22.9. The van der Waals surface area contributed by atoms with Gasteiger partial charge in [0, 0.05) is 36.3 Å². The number of fused-ring (bicyclic) bond motifs is 2. The molecule has 164 valence electrons. The molecule has 0 amide bonds. The third-order valence-corrected chi connectivity index (χ3v) is 6.26. The van der Waals surface area contributed by atoms with Gasteiger partial charge in [-0.1, -0.05) is 6.07 Å². The van der Waals surface area contributed by atoms with E-state index in [0.29, 0.717) is 24.3 Å². The molecule has 4 heterocycles. The lowest BCUT2D eigenvalue weighted by molar-refractivity contribution is 0.0535. The highest BCUT2D eigenvalue weighted by Crippen LogP contribution is 2.26. The Bertz CT molecular complexity index is 1430. The molecule has 4 aromatic rings. The van der Waals surface area contributed by atoms with Crippen molar-refractivity contribution in [3.63, 3.8) is 0 Å². The fourth-order valence-corrected chi connectivity index (χ4v) is 4.35. The minimum Gasteiger partial charge on any atom is -0.457 e. The molecule has 1 N–H and O–H groups in total. The van der Waals surface area contributed by atoms with Crippen molar-refractivity contribution >= 4 is 17.0 Å². The summed E-state index contributed by atoms with van der Waals surface area (Å²) in [4.78, 5) is 20.8. The van der Waals surface area contributed by atoms with Gasteiger partial charge in [0.1, 0.15) is 18.5 Å². The number of benzene rings is 1. The average molecular weight is 438 g/mol. The van der Waals surface area contributed by atoms with Crippen LogP contribution in [0.25, 0.3) is 16.9 Å². The number of nitriles is 1. The number of aromatic nitrogens is 3. The number of esters is 1. The van der Waals surface area contributed by atoms with E-state index in [1.165, 1.54) is 5.56 Å². The van der Waals surface area contributed by atoms with Gasteiger partial charge in [-0.3, -0.25) is 9.55 Å². The largest absolute Gasteiger partial charge is 0.457 e. The number of carbonyl (C=O) groups is 1. The number of hydrogen-bond acceptors (Lipinski definition) is 6. The van der Waals surface area contributed by atoms with Crippen LogP contribution in [0.4, 0.5) is 0 Å². The maximum atomic E-state index is 11.7. The molecule has 0 saturated carbocycles. The van der Waals surface area contributed by atoms with E-state index < -0.39 is 0 Å². The molecule has 0 bridgehead atoms. The highest BCUT2D eigenvalue weighted by atomic mass is 16.5. The summed E-state index contributed by atoms with van der Waals surface area (Å²) in [5.41, 5.74) is 8.52. The molecule has 1 aliphatic rings. The second-order valence-electron chi connectivity index (χ2n) is 8.24. The lowest BCUT2D eigenvalue weighted by Crippen LogP contribution is -2.17. The SMILES string of the molecule is Cc1cc(-n2cc(CNCCc3ccc4c(c3C)COC4=O)c3ncccc32)ncc1C#N. The second kappa shape index (κ2) is 8.49. The maximum Gasteiger partial charge on any atom is 0.338 e. The van der Waals surface area contributed by atoms with Gasteiger partial charge in [-0.05, 0) is 67.8 Å². The van der Waals surface area contributed by atoms with Crippen LogP contribution in [0.1, 0.15) is 43.7 Å². The van der Waals surface area contributed by atoms with Crippen LogP contribution in [-0.4, -0.2) is 27.0 Å². The van der Waals surface area contributed by atoms with Gasteiger partial charge >= 0.3 is 5.97 Å². The number of carbonyl (C=O) groups excluding carboxylic acids is 1. The molecular weight excluding hydrogens is 414 g/mol. The third-order valence-electron chi connectivity index (χ3n) is 6.26. The van der Waals surface area contributed by atoms with Crippen molar-refractivity contribution < 1.29 is 9.53 Å². The van der Waals surface area contributed by atoms with E-state index in [-0.39, 0.29) is 5.97 Å². The molecule has 3 aromatic heterocycles. The summed E-state index contributed by atoms with van der Waals surface area (Å²) in [6.07, 6.45) is 6.32. The minimum absolute atomic E-state index is 0.228. The Labute approximate surface area is 191 Å². The summed E-state index contributed by atoms with van der Waals surface area (Å²) in [5.74, 6) is 0.537. The van der Waals surface area contributed by atoms with Gasteiger partial charge < -0.3 is 10.1 Å². The number of nitrogens with one attached hydrogen (secondary N) is 1. The van der Waals surface area contributed by atoms with Crippen LogP contribution in [0.2, 0.25) is 0 Å². The van der Waals surface area contributed by atoms with Crippen molar-refractivity contribution in [2.45, 2.75) is 33.4 Å². The standard InChI is InChI=1S/C26H23N5O2/c1-16-10-24(30-13-19(16)11-27)31-14-20(25-23(31)4-3-8-29-25)12-28-9-7-18-5-6-21-22(17(18)2)15-33-26(21)32/h3-6,8,10,13-14,28H,7,9,12,15H2,1-2H3. The molecule has 5 rings (SSSR count). The molecular formula is C26H23N5O2. The lowest BCUT2D eigenvalue weighted by atomic mass is 9.97. The van der Waals surface area contributed by atoms with Gasteiger partial charge in [-0.2, -0.15) is 5.26 Å².